The molecule has 0 saturated heterocycles. The summed E-state index contributed by atoms with van der Waals surface area (Å²) in [5, 5.41) is 13.0. The Morgan fingerprint density at radius 3 is 2.78 bits per heavy atom. The number of hydrogen-bond donors (Lipinski definition) is 2. The molecule has 3 rings (SSSR count). The number of hydrazine groups is 1. The number of aromatic carboxylic acids is 1. The average molecular weight is 240 g/mol. The van der Waals surface area contributed by atoms with Crippen LogP contribution in [0.2, 0.25) is 0 Å². The van der Waals surface area contributed by atoms with Crippen LogP contribution in [0.25, 0.3) is 10.8 Å². The highest BCUT2D eigenvalue weighted by atomic mass is 16.4. The molecule has 0 aliphatic carbocycles. The fourth-order valence-electron chi connectivity index (χ4n) is 2.23. The number of anilines is 1. The van der Waals surface area contributed by atoms with Gasteiger partial charge in [-0.1, -0.05) is 30.3 Å². The molecule has 4 nitrogen and oxygen atoms in total. The molecule has 0 fully saturated rings. The molecule has 0 bridgehead atoms. The van der Waals surface area contributed by atoms with Crippen molar-refractivity contribution in [2.75, 3.05) is 11.6 Å². The van der Waals surface area contributed by atoms with E-state index in [4.69, 9.17) is 0 Å². The second-order valence-corrected chi connectivity index (χ2v) is 4.13. The molecule has 1 heterocycles. The highest BCUT2D eigenvalue weighted by molar-refractivity contribution is 6.08. The maximum Gasteiger partial charge on any atom is 0.338 e. The fraction of sp³-hybridized carbons (Fsp3) is 0.0714. The van der Waals surface area contributed by atoms with Crippen LogP contribution in [0.4, 0.5) is 5.69 Å². The van der Waals surface area contributed by atoms with Gasteiger partial charge in [-0.3, -0.25) is 5.01 Å². The van der Waals surface area contributed by atoms with E-state index in [1.165, 1.54) is 0 Å². The molecular weight excluding hydrogens is 228 g/mol. The van der Waals surface area contributed by atoms with E-state index in [9.17, 15) is 9.90 Å². The predicted octanol–water partition coefficient (Wildman–Crippen LogP) is 2.38. The maximum absolute atomic E-state index is 11.5. The SMILES string of the molecule is O=C(O)c1c(N2CC=CN2)ccc2ccccc12. The van der Waals surface area contributed by atoms with Gasteiger partial charge in [0.2, 0.25) is 0 Å². The molecule has 1 aliphatic rings. The van der Waals surface area contributed by atoms with E-state index in [0.717, 1.165) is 10.8 Å². The first-order valence-electron chi connectivity index (χ1n) is 5.71. The molecule has 0 radical (unpaired) electrons. The van der Waals surface area contributed by atoms with Crippen LogP contribution in [-0.2, 0) is 0 Å². The Labute approximate surface area is 104 Å². The summed E-state index contributed by atoms with van der Waals surface area (Å²) in [6.45, 7) is 0.665. The Hall–Kier alpha value is -2.49. The van der Waals surface area contributed by atoms with Gasteiger partial charge in [0.25, 0.3) is 0 Å². The molecule has 0 unspecified atom stereocenters. The van der Waals surface area contributed by atoms with Crippen LogP contribution in [0.5, 0.6) is 0 Å². The number of nitrogens with zero attached hydrogens (tertiary/aromatic N) is 1. The van der Waals surface area contributed by atoms with Crippen molar-refractivity contribution >= 4 is 22.4 Å². The lowest BCUT2D eigenvalue weighted by atomic mass is 10.0. The Morgan fingerprint density at radius 1 is 1.22 bits per heavy atom. The average Bonchev–Trinajstić information content (AvgIpc) is 2.90. The highest BCUT2D eigenvalue weighted by Gasteiger charge is 2.19. The van der Waals surface area contributed by atoms with E-state index in [2.05, 4.69) is 5.43 Å². The zero-order valence-corrected chi connectivity index (χ0v) is 9.63. The minimum Gasteiger partial charge on any atom is -0.478 e. The van der Waals surface area contributed by atoms with Crippen LogP contribution in [0.3, 0.4) is 0 Å². The number of fused-ring (bicyclic) bond motifs is 1. The number of nitrogens with one attached hydrogen (secondary N) is 1. The molecule has 0 saturated carbocycles. The first-order valence-corrected chi connectivity index (χ1v) is 5.71. The lowest BCUT2D eigenvalue weighted by molar-refractivity contribution is 0.0699. The van der Waals surface area contributed by atoms with Gasteiger partial charge in [0.15, 0.2) is 0 Å². The first kappa shape index (κ1) is 10.7. The van der Waals surface area contributed by atoms with E-state index in [1.54, 1.807) is 6.20 Å². The lowest BCUT2D eigenvalue weighted by Crippen LogP contribution is -2.31. The summed E-state index contributed by atoms with van der Waals surface area (Å²) in [7, 11) is 0. The molecular formula is C14H12N2O2. The smallest absolute Gasteiger partial charge is 0.338 e. The molecule has 0 spiro atoms. The van der Waals surface area contributed by atoms with Crippen LogP contribution in [-0.4, -0.2) is 17.6 Å². The fourth-order valence-corrected chi connectivity index (χ4v) is 2.23. The van der Waals surface area contributed by atoms with Gasteiger partial charge in [-0.25, -0.2) is 4.79 Å². The van der Waals surface area contributed by atoms with Gasteiger partial charge in [0.1, 0.15) is 0 Å². The molecule has 18 heavy (non-hydrogen) atoms. The summed E-state index contributed by atoms with van der Waals surface area (Å²) < 4.78 is 0. The Morgan fingerprint density at radius 2 is 2.06 bits per heavy atom. The van der Waals surface area contributed by atoms with Gasteiger partial charge < -0.3 is 10.5 Å². The summed E-state index contributed by atoms with van der Waals surface area (Å²) in [6.07, 6.45) is 3.75. The van der Waals surface area contributed by atoms with Crippen molar-refractivity contribution in [2.45, 2.75) is 0 Å². The Kier molecular flexibility index (Phi) is 2.41. The van der Waals surface area contributed by atoms with Crippen molar-refractivity contribution in [3.8, 4) is 0 Å². The highest BCUT2D eigenvalue weighted by Crippen LogP contribution is 2.29. The predicted molar refractivity (Wildman–Crippen MR) is 70.5 cm³/mol. The van der Waals surface area contributed by atoms with Crippen LogP contribution in [0, 0.1) is 0 Å². The molecule has 2 aromatic carbocycles. The molecule has 1 aliphatic heterocycles. The Bertz CT molecular complexity index is 641. The van der Waals surface area contributed by atoms with Crippen molar-refractivity contribution in [3.63, 3.8) is 0 Å². The number of carboxylic acids is 1. The second-order valence-electron chi connectivity index (χ2n) is 4.13. The van der Waals surface area contributed by atoms with E-state index >= 15 is 0 Å². The van der Waals surface area contributed by atoms with Crippen LogP contribution in [0.1, 0.15) is 10.4 Å². The third kappa shape index (κ3) is 1.59. The quantitative estimate of drug-likeness (QED) is 0.846. The van der Waals surface area contributed by atoms with Gasteiger partial charge in [-0.15, -0.1) is 0 Å². The number of carboxylic acid groups (broad SMARTS) is 1. The zero-order chi connectivity index (χ0) is 12.5. The number of benzene rings is 2. The van der Waals surface area contributed by atoms with Crippen LogP contribution >= 0.6 is 0 Å². The van der Waals surface area contributed by atoms with E-state index in [0.29, 0.717) is 17.8 Å². The normalized spacial score (nSPS) is 13.9. The molecule has 0 amide bonds. The van der Waals surface area contributed by atoms with E-state index in [1.807, 2.05) is 47.5 Å². The summed E-state index contributed by atoms with van der Waals surface area (Å²) >= 11 is 0. The third-order valence-electron chi connectivity index (χ3n) is 3.05. The van der Waals surface area contributed by atoms with Crippen molar-refractivity contribution in [1.82, 2.24) is 5.43 Å². The zero-order valence-electron chi connectivity index (χ0n) is 9.63. The first-order chi connectivity index (χ1) is 8.77. The topological polar surface area (TPSA) is 52.6 Å². The Balaban J connectivity index is 2.25. The summed E-state index contributed by atoms with van der Waals surface area (Å²) in [6, 6.07) is 11.3. The molecule has 4 heteroatoms. The molecule has 0 atom stereocenters. The molecule has 2 aromatic rings. The van der Waals surface area contributed by atoms with Crippen LogP contribution in [0.15, 0.2) is 48.7 Å². The van der Waals surface area contributed by atoms with Crippen molar-refractivity contribution in [2.24, 2.45) is 0 Å². The van der Waals surface area contributed by atoms with Gasteiger partial charge >= 0.3 is 5.97 Å². The van der Waals surface area contributed by atoms with Gasteiger partial charge in [-0.05, 0) is 22.9 Å². The summed E-state index contributed by atoms with van der Waals surface area (Å²) in [5.41, 5.74) is 4.05. The van der Waals surface area contributed by atoms with Crippen LogP contribution < -0.4 is 10.4 Å². The minimum atomic E-state index is -0.907. The number of hydrogen-bond acceptors (Lipinski definition) is 3. The number of rotatable bonds is 2. The van der Waals surface area contributed by atoms with Crippen molar-refractivity contribution in [1.29, 1.82) is 0 Å². The van der Waals surface area contributed by atoms with E-state index in [-0.39, 0.29) is 0 Å². The van der Waals surface area contributed by atoms with Crippen molar-refractivity contribution < 1.29 is 9.90 Å². The van der Waals surface area contributed by atoms with Gasteiger partial charge in [0.05, 0.1) is 17.8 Å². The largest absolute Gasteiger partial charge is 0.478 e. The maximum atomic E-state index is 11.5. The summed E-state index contributed by atoms with van der Waals surface area (Å²) in [4.78, 5) is 11.5. The lowest BCUT2D eigenvalue weighted by Gasteiger charge is -2.21. The van der Waals surface area contributed by atoms with Gasteiger partial charge in [0, 0.05) is 6.20 Å². The monoisotopic (exact) mass is 240 g/mol. The summed E-state index contributed by atoms with van der Waals surface area (Å²) in [5.74, 6) is -0.907. The molecule has 2 N–H and O–H groups in total. The standard InChI is InChI=1S/C14H12N2O2/c17-14(18)13-11-5-2-1-4-10(11)6-7-12(13)16-9-3-8-15-16/h1-8,15H,9H2,(H,17,18). The minimum absolute atomic E-state index is 0.337. The van der Waals surface area contributed by atoms with Gasteiger partial charge in [-0.2, -0.15) is 0 Å². The molecule has 0 aromatic heterocycles. The third-order valence-corrected chi connectivity index (χ3v) is 3.05. The second kappa shape index (κ2) is 4.07. The molecule has 90 valence electrons. The number of carbonyl (C=O) groups is 1. The van der Waals surface area contributed by atoms with E-state index < -0.39 is 5.97 Å². The van der Waals surface area contributed by atoms with Crippen molar-refractivity contribution in [3.05, 3.63) is 54.2 Å².